The Labute approximate surface area is 453 Å². The lowest BCUT2D eigenvalue weighted by molar-refractivity contribution is 0.298. The Bertz CT molecular complexity index is 4060. The van der Waals surface area contributed by atoms with Crippen LogP contribution in [0.3, 0.4) is 0 Å². The number of nitrogens with one attached hydrogen (secondary N) is 2. The Hall–Kier alpha value is -10.1. The highest BCUT2D eigenvalue weighted by atomic mass is 32.1. The molecule has 0 spiro atoms. The minimum absolute atomic E-state index is 0.0435. The summed E-state index contributed by atoms with van der Waals surface area (Å²) >= 11 is 4.86. The zero-order valence-corrected chi connectivity index (χ0v) is 44.0. The maximum Gasteiger partial charge on any atom is 0.369 e. The van der Waals surface area contributed by atoms with Gasteiger partial charge in [-0.1, -0.05) is 50.6 Å². The van der Waals surface area contributed by atoms with Gasteiger partial charge in [0.15, 0.2) is 17.5 Å². The predicted octanol–water partition coefficient (Wildman–Crippen LogP) is -2.29. The smallest absolute Gasteiger partial charge is 0.369 e. The largest absolute Gasteiger partial charge is 0.463 e. The number of rotatable bonds is 16. The summed E-state index contributed by atoms with van der Waals surface area (Å²) in [4.78, 5) is 73.9. The molecular formula is C36H38N30O8S4. The van der Waals surface area contributed by atoms with Crippen molar-refractivity contribution < 1.29 is 24.4 Å². The lowest BCUT2D eigenvalue weighted by Gasteiger charge is -2.04. The van der Waals surface area contributed by atoms with E-state index in [2.05, 4.69) is 102 Å². The lowest BCUT2D eigenvalue weighted by Crippen LogP contribution is -2.24. The molecule has 0 aliphatic carbocycles. The molecule has 0 aromatic carbocycles. The number of tetrazole rings is 4. The molecule has 0 saturated heterocycles. The van der Waals surface area contributed by atoms with Crippen molar-refractivity contribution in [2.24, 2.45) is 42.3 Å². The zero-order valence-electron chi connectivity index (χ0n) is 44.7. The number of hydrogen-bond donors (Lipinski definition) is 2. The zero-order chi connectivity index (χ0) is 58.2. The number of aryl methyl sites for hydroxylation is 6. The van der Waals surface area contributed by atoms with Crippen LogP contribution in [0, 0.1) is 0 Å². The SMILES string of the molecule is [3H]c1csc(OCc2[nH]cnc2-n2nnn(C)c2=O)n1.[3H]c1csc(OCc2n[nH]nc2-n2nnn(C)c2=O)n1.[3H]c1csc(OCc2ncn(C)c2-n2nnn(C)c2=O)n1.[3H]c1csc(OCc2nnn(C)c2-n2nnn(C)c2=O)n1. The van der Waals surface area contributed by atoms with Crippen LogP contribution in [0.15, 0.2) is 78.0 Å². The Kier molecular flexibility index (Phi) is 14.7. The molecule has 0 atom stereocenters. The first-order chi connectivity index (χ1) is 39.4. The number of thiazole rings is 4. The van der Waals surface area contributed by atoms with Gasteiger partial charge in [0, 0.05) is 88.5 Å². The summed E-state index contributed by atoms with van der Waals surface area (Å²) in [6.07, 6.45) is 3.58. The molecule has 0 unspecified atom stereocenters. The van der Waals surface area contributed by atoms with Gasteiger partial charge in [0.2, 0.25) is 5.82 Å². The summed E-state index contributed by atoms with van der Waals surface area (Å²) in [5.41, 5.74) is 0.267. The van der Waals surface area contributed by atoms with Crippen molar-refractivity contribution in [3.05, 3.63) is 124 Å². The molecule has 38 nitrogen and oxygen atoms in total. The van der Waals surface area contributed by atoms with Crippen LogP contribution in [0.25, 0.3) is 23.3 Å². The van der Waals surface area contributed by atoms with Gasteiger partial charge in [0.1, 0.15) is 43.5 Å². The molecule has 78 heavy (non-hydrogen) atoms. The number of imidazole rings is 2. The lowest BCUT2D eigenvalue weighted by atomic mass is 10.4. The summed E-state index contributed by atoms with van der Waals surface area (Å²) in [6, 6.07) is 0. The van der Waals surface area contributed by atoms with Crippen molar-refractivity contribution in [1.29, 1.82) is 0 Å². The summed E-state index contributed by atoms with van der Waals surface area (Å²) in [5, 5.41) is 55.1. The van der Waals surface area contributed by atoms with Crippen molar-refractivity contribution in [2.75, 3.05) is 0 Å². The van der Waals surface area contributed by atoms with Gasteiger partial charge < -0.3 is 28.5 Å². The molecule has 404 valence electrons. The first-order valence-electron chi connectivity index (χ1n) is 23.4. The van der Waals surface area contributed by atoms with Gasteiger partial charge >= 0.3 is 22.8 Å². The fourth-order valence-corrected chi connectivity index (χ4v) is 7.77. The van der Waals surface area contributed by atoms with Gasteiger partial charge in [0.05, 0.1) is 23.8 Å². The molecule has 2 N–H and O–H groups in total. The van der Waals surface area contributed by atoms with Gasteiger partial charge in [-0.05, 0) is 41.7 Å². The highest BCUT2D eigenvalue weighted by Gasteiger charge is 2.21. The van der Waals surface area contributed by atoms with Gasteiger partial charge in [-0.3, -0.25) is 0 Å². The predicted molar refractivity (Wildman–Crippen MR) is 266 cm³/mol. The number of nitrogens with zero attached hydrogens (tertiary/aromatic N) is 28. The summed E-state index contributed by atoms with van der Waals surface area (Å²) in [6.45, 7) is 0.346. The quantitative estimate of drug-likeness (QED) is 0.103. The summed E-state index contributed by atoms with van der Waals surface area (Å²) < 4.78 is 62.8. The van der Waals surface area contributed by atoms with Crippen LogP contribution in [0.4, 0.5) is 0 Å². The van der Waals surface area contributed by atoms with Crippen molar-refractivity contribution in [2.45, 2.75) is 26.4 Å². The molecule has 12 heterocycles. The Morgan fingerprint density at radius 3 is 1.36 bits per heavy atom. The van der Waals surface area contributed by atoms with E-state index in [0.29, 0.717) is 61.0 Å². The fraction of sp³-hybridized carbons (Fsp3) is 0.278. The van der Waals surface area contributed by atoms with Crippen LogP contribution < -0.4 is 41.7 Å². The molecule has 0 aliphatic rings. The van der Waals surface area contributed by atoms with E-state index in [1.807, 2.05) is 0 Å². The first kappa shape index (κ1) is 47.6. The number of aromatic nitrogens is 30. The number of H-pyrrole nitrogens is 2. The van der Waals surface area contributed by atoms with Crippen molar-refractivity contribution in [1.82, 2.24) is 149 Å². The maximum absolute atomic E-state index is 11.9. The van der Waals surface area contributed by atoms with Gasteiger partial charge in [-0.15, -0.1) is 28.9 Å². The van der Waals surface area contributed by atoms with Crippen LogP contribution in [0.1, 0.15) is 28.3 Å². The van der Waals surface area contributed by atoms with Crippen LogP contribution in [-0.4, -0.2) is 149 Å². The van der Waals surface area contributed by atoms with Crippen LogP contribution >= 0.6 is 45.3 Å². The third kappa shape index (κ3) is 12.0. The first-order valence-corrected chi connectivity index (χ1v) is 24.9. The highest BCUT2D eigenvalue weighted by molar-refractivity contribution is 7.12. The molecule has 42 heteroatoms. The van der Waals surface area contributed by atoms with E-state index >= 15 is 0 Å². The van der Waals surface area contributed by atoms with E-state index in [-0.39, 0.29) is 62.6 Å². The highest BCUT2D eigenvalue weighted by Crippen LogP contribution is 2.20. The monoisotopic (exact) mass is 1150 g/mol. The molecule has 0 radical (unpaired) electrons. The number of hydrogen-bond acceptors (Lipinski definition) is 30. The molecule has 0 fully saturated rings. The Morgan fingerprint density at radius 2 is 0.897 bits per heavy atom. The molecular weight excluding hydrogens is 1110 g/mol. The molecule has 12 rings (SSSR count). The van der Waals surface area contributed by atoms with Crippen molar-refractivity contribution in [3.8, 4) is 44.0 Å². The van der Waals surface area contributed by atoms with Gasteiger partial charge in [-0.2, -0.15) is 29.0 Å². The molecule has 0 saturated carbocycles. The second-order valence-corrected chi connectivity index (χ2v) is 18.0. The maximum atomic E-state index is 11.9. The van der Waals surface area contributed by atoms with Crippen molar-refractivity contribution in [3.63, 3.8) is 0 Å². The van der Waals surface area contributed by atoms with E-state index in [0.717, 1.165) is 37.5 Å². The van der Waals surface area contributed by atoms with Crippen molar-refractivity contribution >= 4 is 45.3 Å². The third-order valence-corrected chi connectivity index (χ3v) is 12.2. The van der Waals surface area contributed by atoms with E-state index < -0.39 is 17.1 Å². The molecule has 12 aromatic rings. The summed E-state index contributed by atoms with van der Waals surface area (Å²) in [5.74, 6) is 1.39. The topological polar surface area (TPSA) is 418 Å². The second kappa shape index (κ2) is 24.1. The van der Waals surface area contributed by atoms with Crippen LogP contribution in [0.2, 0.25) is 0 Å². The minimum Gasteiger partial charge on any atom is -0.463 e. The molecule has 12 aromatic heterocycles. The number of aromatic amines is 2. The minimum atomic E-state index is -0.442. The second-order valence-electron chi connectivity index (χ2n) is 14.7. The fourth-order valence-electron chi connectivity index (χ4n) is 6.01. The van der Waals surface area contributed by atoms with Crippen LogP contribution in [0.5, 0.6) is 20.8 Å². The van der Waals surface area contributed by atoms with Gasteiger partial charge in [-0.25, -0.2) is 53.8 Å². The molecule has 0 amide bonds. The standard InChI is InChI=1S/C10H11N7O2S.C9H10N8O2S.C9H9N7O2S.C8H8N8O2S/c1-15-6-12-7(5-19-9-11-3-4-20-9)8(15)17-10(18)16(2)13-14-17;1-15-7(17-9(18)16(2)13-14-17)6(11-12-15)5-19-8-10-3-4-20-8;1-15-9(17)16(14-13-15)7-6(11-5-12-7)4-18-8-10-2-3-19-8;1-15-8(17)16(14-13-15)6-5(10-12-11-6)4-18-7-9-2-3-19-7/h3-4,6H,5H2,1-2H3;3-4H,5H2,1-2H3;2-3,5H,4H2,1H3,(H,11,12);2-3H,4H2,1H3,(H,10,11,12)/i2*3T;2*2T. The van der Waals surface area contributed by atoms with E-state index in [4.69, 9.17) is 24.4 Å². The summed E-state index contributed by atoms with van der Waals surface area (Å²) in [7, 11) is 9.38. The van der Waals surface area contributed by atoms with Crippen LogP contribution in [-0.2, 0) is 68.7 Å². The molecule has 0 bridgehead atoms. The van der Waals surface area contributed by atoms with Gasteiger partial charge in [0.25, 0.3) is 20.8 Å². The average molecular weight is 1160 g/mol. The third-order valence-electron chi connectivity index (χ3n) is 9.64. The number of ether oxygens (including phenoxy) is 4. The van der Waals surface area contributed by atoms with E-state index in [1.54, 1.807) is 46.5 Å². The van der Waals surface area contributed by atoms with E-state index in [1.165, 1.54) is 84.5 Å². The normalized spacial score (nSPS) is 11.6. The molecule has 0 aliphatic heterocycles. The Balaban J connectivity index is 0.000000132. The average Bonchev–Trinajstić information content (AvgIpc) is 4.45. The Morgan fingerprint density at radius 1 is 0.462 bits per heavy atom. The van der Waals surface area contributed by atoms with E-state index in [9.17, 15) is 19.2 Å².